The van der Waals surface area contributed by atoms with Crippen molar-refractivity contribution in [2.45, 2.75) is 18.5 Å². The molecule has 0 unspecified atom stereocenters. The first-order chi connectivity index (χ1) is 5.70. The predicted molar refractivity (Wildman–Crippen MR) is 47.6 cm³/mol. The molecule has 2 N–H and O–H groups in total. The lowest BCUT2D eigenvalue weighted by Gasteiger charge is -2.02. The Morgan fingerprint density at radius 3 is 2.75 bits per heavy atom. The van der Waals surface area contributed by atoms with Gasteiger partial charge < -0.3 is 5.84 Å². The van der Waals surface area contributed by atoms with Gasteiger partial charge in [-0.2, -0.15) is 4.68 Å². The number of nitrogens with two attached hydrogens (primary N) is 1. The molecule has 0 aliphatic carbocycles. The quantitative estimate of drug-likeness (QED) is 0.504. The van der Waals surface area contributed by atoms with Crippen LogP contribution in [0.5, 0.6) is 0 Å². The van der Waals surface area contributed by atoms with Gasteiger partial charge in [-0.1, -0.05) is 18.7 Å². The smallest absolute Gasteiger partial charge is 0.294 e. The lowest BCUT2D eigenvalue weighted by Crippen LogP contribution is -2.33. The summed E-state index contributed by atoms with van der Waals surface area (Å²) in [5.74, 6) is 5.45. The Hall–Kier alpha value is -1.04. The molecule has 5 nitrogen and oxygen atoms in total. The van der Waals surface area contributed by atoms with E-state index in [1.165, 1.54) is 11.8 Å². The van der Waals surface area contributed by atoms with Gasteiger partial charge in [0.25, 0.3) is 5.56 Å². The first kappa shape index (κ1) is 9.05. The Bertz CT molecular complexity index is 335. The number of aromatic nitrogens is 3. The SMILES string of the molecule is CCc1nnc(SC)n(N)c1=O. The molecule has 12 heavy (non-hydrogen) atoms. The van der Waals surface area contributed by atoms with Crippen molar-refractivity contribution in [1.29, 1.82) is 0 Å². The van der Waals surface area contributed by atoms with Crippen molar-refractivity contribution in [3.05, 3.63) is 16.0 Å². The molecule has 0 saturated carbocycles. The minimum atomic E-state index is -0.267. The fourth-order valence-electron chi connectivity index (χ4n) is 0.781. The molecule has 0 spiro atoms. The second-order valence-electron chi connectivity index (χ2n) is 2.16. The van der Waals surface area contributed by atoms with Crippen LogP contribution in [0.25, 0.3) is 0 Å². The van der Waals surface area contributed by atoms with Crippen LogP contribution < -0.4 is 11.4 Å². The number of rotatable bonds is 2. The van der Waals surface area contributed by atoms with Gasteiger partial charge in [0.15, 0.2) is 0 Å². The molecular weight excluding hydrogens is 176 g/mol. The summed E-state index contributed by atoms with van der Waals surface area (Å²) < 4.78 is 1.02. The summed E-state index contributed by atoms with van der Waals surface area (Å²) in [4.78, 5) is 11.3. The number of thioether (sulfide) groups is 1. The van der Waals surface area contributed by atoms with Gasteiger partial charge in [-0.25, -0.2) is 0 Å². The summed E-state index contributed by atoms with van der Waals surface area (Å²) in [5.41, 5.74) is 0.132. The third kappa shape index (κ3) is 1.42. The van der Waals surface area contributed by atoms with Gasteiger partial charge in [0.1, 0.15) is 5.69 Å². The largest absolute Gasteiger partial charge is 0.334 e. The molecule has 0 fully saturated rings. The van der Waals surface area contributed by atoms with Gasteiger partial charge in [-0.3, -0.25) is 4.79 Å². The summed E-state index contributed by atoms with van der Waals surface area (Å²) in [6, 6.07) is 0. The number of hydrogen-bond donors (Lipinski definition) is 1. The average molecular weight is 186 g/mol. The first-order valence-corrected chi connectivity index (χ1v) is 4.70. The van der Waals surface area contributed by atoms with E-state index in [-0.39, 0.29) is 5.56 Å². The molecule has 0 amide bonds. The van der Waals surface area contributed by atoms with E-state index in [1.54, 1.807) is 6.26 Å². The monoisotopic (exact) mass is 186 g/mol. The van der Waals surface area contributed by atoms with Crippen LogP contribution >= 0.6 is 11.8 Å². The van der Waals surface area contributed by atoms with Crippen LogP contribution in [0.4, 0.5) is 0 Å². The summed E-state index contributed by atoms with van der Waals surface area (Å²) in [7, 11) is 0. The second-order valence-corrected chi connectivity index (χ2v) is 2.94. The Balaban J connectivity index is 3.30. The van der Waals surface area contributed by atoms with Crippen molar-refractivity contribution in [1.82, 2.24) is 14.9 Å². The summed E-state index contributed by atoms with van der Waals surface area (Å²) in [6.45, 7) is 1.84. The Kier molecular flexibility index (Phi) is 2.69. The van der Waals surface area contributed by atoms with Crippen LogP contribution in [0.15, 0.2) is 9.95 Å². The number of aryl methyl sites for hydroxylation is 1. The van der Waals surface area contributed by atoms with Crippen LogP contribution in [0.3, 0.4) is 0 Å². The predicted octanol–water partition coefficient (Wildman–Crippen LogP) is -0.364. The van der Waals surface area contributed by atoms with Crippen molar-refractivity contribution >= 4 is 11.8 Å². The molecule has 1 heterocycles. The number of hydrogen-bond acceptors (Lipinski definition) is 5. The highest BCUT2D eigenvalue weighted by molar-refractivity contribution is 7.98. The topological polar surface area (TPSA) is 73.8 Å². The Labute approximate surface area is 74.0 Å². The molecule has 1 aromatic heterocycles. The number of nitrogens with zero attached hydrogens (tertiary/aromatic N) is 3. The molecule has 1 rings (SSSR count). The highest BCUT2D eigenvalue weighted by Gasteiger charge is 2.06. The van der Waals surface area contributed by atoms with Gasteiger partial charge in [-0.05, 0) is 12.7 Å². The van der Waals surface area contributed by atoms with E-state index in [2.05, 4.69) is 10.2 Å². The average Bonchev–Trinajstić information content (AvgIpc) is 2.10. The zero-order valence-corrected chi connectivity index (χ0v) is 7.76. The lowest BCUT2D eigenvalue weighted by molar-refractivity contribution is 0.669. The van der Waals surface area contributed by atoms with E-state index < -0.39 is 0 Å². The van der Waals surface area contributed by atoms with E-state index in [1.807, 2.05) is 6.92 Å². The van der Waals surface area contributed by atoms with Gasteiger partial charge in [0, 0.05) is 0 Å². The van der Waals surface area contributed by atoms with Gasteiger partial charge in [0.2, 0.25) is 5.16 Å². The molecule has 66 valence electrons. The van der Waals surface area contributed by atoms with Crippen molar-refractivity contribution in [2.75, 3.05) is 12.1 Å². The van der Waals surface area contributed by atoms with Crippen molar-refractivity contribution in [2.24, 2.45) is 0 Å². The first-order valence-electron chi connectivity index (χ1n) is 3.48. The molecule has 0 aliphatic heterocycles. The zero-order chi connectivity index (χ0) is 9.14. The van der Waals surface area contributed by atoms with Gasteiger partial charge in [0.05, 0.1) is 0 Å². The summed E-state index contributed by atoms with van der Waals surface area (Å²) >= 11 is 1.29. The fraction of sp³-hybridized carbons (Fsp3) is 0.500. The molecule has 0 bridgehead atoms. The Morgan fingerprint density at radius 2 is 2.25 bits per heavy atom. The van der Waals surface area contributed by atoms with Crippen LogP contribution in [0.2, 0.25) is 0 Å². The summed E-state index contributed by atoms with van der Waals surface area (Å²) in [5, 5.41) is 7.95. The summed E-state index contributed by atoms with van der Waals surface area (Å²) in [6.07, 6.45) is 2.34. The van der Waals surface area contributed by atoms with E-state index in [4.69, 9.17) is 5.84 Å². The molecule has 0 aromatic carbocycles. The highest BCUT2D eigenvalue weighted by Crippen LogP contribution is 2.04. The van der Waals surface area contributed by atoms with Crippen molar-refractivity contribution in [3.63, 3.8) is 0 Å². The molecule has 0 atom stereocenters. The maximum atomic E-state index is 11.3. The molecule has 6 heteroatoms. The van der Waals surface area contributed by atoms with E-state index >= 15 is 0 Å². The van der Waals surface area contributed by atoms with Crippen LogP contribution in [-0.2, 0) is 6.42 Å². The fourth-order valence-corrected chi connectivity index (χ4v) is 1.18. The lowest BCUT2D eigenvalue weighted by atomic mass is 10.4. The van der Waals surface area contributed by atoms with E-state index in [0.29, 0.717) is 17.3 Å². The van der Waals surface area contributed by atoms with Crippen LogP contribution in [0, 0.1) is 0 Å². The zero-order valence-electron chi connectivity index (χ0n) is 6.94. The van der Waals surface area contributed by atoms with E-state index in [9.17, 15) is 4.79 Å². The third-order valence-electron chi connectivity index (χ3n) is 1.45. The molecule has 0 saturated heterocycles. The Morgan fingerprint density at radius 1 is 1.58 bits per heavy atom. The van der Waals surface area contributed by atoms with Crippen LogP contribution in [-0.4, -0.2) is 21.1 Å². The molecule has 0 radical (unpaired) electrons. The van der Waals surface area contributed by atoms with E-state index in [0.717, 1.165) is 4.68 Å². The van der Waals surface area contributed by atoms with Gasteiger partial charge in [-0.15, -0.1) is 10.2 Å². The maximum absolute atomic E-state index is 11.3. The standard InChI is InChI=1S/C6H10N4OS/c1-3-4-5(11)10(7)6(12-2)9-8-4/h3,7H2,1-2H3. The molecule has 1 aromatic rings. The number of nitrogen functional groups attached to an aromatic ring is 1. The van der Waals surface area contributed by atoms with Gasteiger partial charge >= 0.3 is 0 Å². The minimum absolute atomic E-state index is 0.267. The maximum Gasteiger partial charge on any atom is 0.294 e. The molecule has 0 aliphatic rings. The minimum Gasteiger partial charge on any atom is -0.334 e. The third-order valence-corrected chi connectivity index (χ3v) is 2.09. The highest BCUT2D eigenvalue weighted by atomic mass is 32.2. The molecular formula is C6H10N4OS. The van der Waals surface area contributed by atoms with Crippen LogP contribution in [0.1, 0.15) is 12.6 Å². The normalized spacial score (nSPS) is 10.2. The van der Waals surface area contributed by atoms with Crippen molar-refractivity contribution < 1.29 is 0 Å². The van der Waals surface area contributed by atoms with Crippen molar-refractivity contribution in [3.8, 4) is 0 Å². The second kappa shape index (κ2) is 3.57.